The maximum Gasteiger partial charge on any atom is 0.313 e. The molecular weight excluding hydrogens is 344 g/mol. The van der Waals surface area contributed by atoms with E-state index in [9.17, 15) is 9.00 Å². The van der Waals surface area contributed by atoms with Crippen LogP contribution in [-0.2, 0) is 26.8 Å². The number of hydrogen-bond donors (Lipinski definition) is 0. The van der Waals surface area contributed by atoms with Crippen molar-refractivity contribution in [2.45, 2.75) is 24.7 Å². The van der Waals surface area contributed by atoms with Crippen LogP contribution in [0.15, 0.2) is 32.0 Å². The summed E-state index contributed by atoms with van der Waals surface area (Å²) in [5, 5.41) is 0.762. The Balaban J connectivity index is 2.39. The lowest BCUT2D eigenvalue weighted by atomic mass is 10.2. The third kappa shape index (κ3) is 3.30. The highest BCUT2D eigenvalue weighted by atomic mass is 79.9. The molecule has 0 aliphatic heterocycles. The summed E-state index contributed by atoms with van der Waals surface area (Å²) < 4.78 is 23.5. The Hall–Kier alpha value is -1.14. The summed E-state index contributed by atoms with van der Waals surface area (Å²) >= 11 is 3.38. The average Bonchev–Trinajstić information content (AvgIpc) is 2.73. The van der Waals surface area contributed by atoms with Gasteiger partial charge in [-0.2, -0.15) is 0 Å². The Morgan fingerprint density at radius 2 is 2.20 bits per heavy atom. The van der Waals surface area contributed by atoms with Crippen molar-refractivity contribution in [3.05, 3.63) is 28.4 Å². The van der Waals surface area contributed by atoms with Gasteiger partial charge >= 0.3 is 5.97 Å². The van der Waals surface area contributed by atoms with Crippen molar-refractivity contribution in [1.29, 1.82) is 0 Å². The van der Waals surface area contributed by atoms with Crippen LogP contribution in [0.1, 0.15) is 19.1 Å². The van der Waals surface area contributed by atoms with Gasteiger partial charge in [0.15, 0.2) is 0 Å². The number of halogens is 1. The number of carbonyl (C=O) groups is 1. The molecular formula is C14H15BrO4S. The van der Waals surface area contributed by atoms with Crippen molar-refractivity contribution in [3.63, 3.8) is 0 Å². The van der Waals surface area contributed by atoms with E-state index < -0.39 is 10.8 Å². The monoisotopic (exact) mass is 358 g/mol. The Labute approximate surface area is 128 Å². The molecule has 20 heavy (non-hydrogen) atoms. The number of carbonyl (C=O) groups excluding carboxylic acids is 1. The van der Waals surface area contributed by atoms with Crippen LogP contribution in [0.2, 0.25) is 0 Å². The number of esters is 1. The van der Waals surface area contributed by atoms with Crippen molar-refractivity contribution in [1.82, 2.24) is 0 Å². The molecule has 1 aromatic heterocycles. The summed E-state index contributed by atoms with van der Waals surface area (Å²) in [6.07, 6.45) is 2.35. The molecule has 0 fully saturated rings. The first-order chi connectivity index (χ1) is 9.52. The van der Waals surface area contributed by atoms with Gasteiger partial charge in [-0.3, -0.25) is 9.00 Å². The maximum atomic E-state index is 11.9. The second-order valence-electron chi connectivity index (χ2n) is 4.35. The molecule has 0 saturated heterocycles. The van der Waals surface area contributed by atoms with E-state index in [2.05, 4.69) is 15.9 Å². The molecule has 1 aromatic carbocycles. The lowest BCUT2D eigenvalue weighted by molar-refractivity contribution is -0.143. The van der Waals surface area contributed by atoms with Crippen LogP contribution in [-0.4, -0.2) is 23.0 Å². The second kappa shape index (κ2) is 6.54. The highest BCUT2D eigenvalue weighted by Crippen LogP contribution is 2.31. The van der Waals surface area contributed by atoms with E-state index in [-0.39, 0.29) is 12.4 Å². The maximum absolute atomic E-state index is 11.9. The van der Waals surface area contributed by atoms with E-state index in [1.54, 1.807) is 12.3 Å². The zero-order valence-electron chi connectivity index (χ0n) is 11.3. The van der Waals surface area contributed by atoms with E-state index >= 15 is 0 Å². The zero-order chi connectivity index (χ0) is 14.7. The van der Waals surface area contributed by atoms with Crippen LogP contribution in [0, 0.1) is 0 Å². The summed E-state index contributed by atoms with van der Waals surface area (Å²) in [5.74, 6) is 0.0525. The number of hydrogen-bond acceptors (Lipinski definition) is 4. The molecule has 4 nitrogen and oxygen atoms in total. The van der Waals surface area contributed by atoms with Gasteiger partial charge in [0.25, 0.3) is 0 Å². The fourth-order valence-corrected chi connectivity index (χ4v) is 3.19. The highest BCUT2D eigenvalue weighted by molar-refractivity contribution is 9.10. The first kappa shape index (κ1) is 15.3. The largest absolute Gasteiger partial charge is 0.465 e. The Kier molecular flexibility index (Phi) is 4.99. The molecule has 1 unspecified atom stereocenters. The third-order valence-electron chi connectivity index (χ3n) is 2.73. The minimum Gasteiger partial charge on any atom is -0.465 e. The quantitative estimate of drug-likeness (QED) is 0.768. The van der Waals surface area contributed by atoms with Gasteiger partial charge in [0.05, 0.1) is 22.3 Å². The van der Waals surface area contributed by atoms with Gasteiger partial charge in [0.1, 0.15) is 17.8 Å². The summed E-state index contributed by atoms with van der Waals surface area (Å²) in [6.45, 7) is 2.31. The minimum atomic E-state index is -1.24. The van der Waals surface area contributed by atoms with Gasteiger partial charge in [-0.25, -0.2) is 0 Å². The lowest BCUT2D eigenvalue weighted by Crippen LogP contribution is -2.09. The molecule has 2 rings (SSSR count). The van der Waals surface area contributed by atoms with Crippen molar-refractivity contribution >= 4 is 43.7 Å². The number of benzene rings is 1. The van der Waals surface area contributed by atoms with Crippen molar-refractivity contribution < 1.29 is 18.2 Å². The summed E-state index contributed by atoms with van der Waals surface area (Å²) in [7, 11) is -1.24. The van der Waals surface area contributed by atoms with E-state index in [1.807, 2.05) is 19.1 Å². The Morgan fingerprint density at radius 1 is 1.45 bits per heavy atom. The van der Waals surface area contributed by atoms with Gasteiger partial charge in [-0.05, 0) is 24.6 Å². The van der Waals surface area contributed by atoms with Gasteiger partial charge in [0.2, 0.25) is 0 Å². The third-order valence-corrected chi connectivity index (χ3v) is 4.25. The van der Waals surface area contributed by atoms with Gasteiger partial charge in [-0.15, -0.1) is 0 Å². The molecule has 0 aliphatic rings. The Bertz CT molecular complexity index is 662. The van der Waals surface area contributed by atoms with Crippen LogP contribution in [0.4, 0.5) is 0 Å². The van der Waals surface area contributed by atoms with Crippen LogP contribution in [0.3, 0.4) is 0 Å². The molecule has 0 aliphatic carbocycles. The molecule has 6 heteroatoms. The normalized spacial score (nSPS) is 12.6. The average molecular weight is 359 g/mol. The standard InChI is InChI=1S/C14H15BrO4S/c1-3-6-18-13(16)8-12-14(20(2)17)10-7-9(15)4-5-11(10)19-12/h4-5,7H,3,6,8H2,1-2H3. The predicted molar refractivity (Wildman–Crippen MR) is 81.2 cm³/mol. The molecule has 0 radical (unpaired) electrons. The zero-order valence-corrected chi connectivity index (χ0v) is 13.7. The van der Waals surface area contributed by atoms with Crippen molar-refractivity contribution in [2.75, 3.05) is 12.9 Å². The Morgan fingerprint density at radius 3 is 2.85 bits per heavy atom. The first-order valence-corrected chi connectivity index (χ1v) is 8.58. The predicted octanol–water partition coefficient (Wildman–Crippen LogP) is 3.43. The molecule has 0 saturated carbocycles. The topological polar surface area (TPSA) is 56.5 Å². The minimum absolute atomic E-state index is 0.00120. The van der Waals surface area contributed by atoms with Crippen molar-refractivity contribution in [3.8, 4) is 0 Å². The molecule has 0 spiro atoms. The molecule has 0 N–H and O–H groups in total. The van der Waals surface area contributed by atoms with E-state index in [0.29, 0.717) is 22.8 Å². The second-order valence-corrected chi connectivity index (χ2v) is 6.58. The summed E-state index contributed by atoms with van der Waals surface area (Å²) in [6, 6.07) is 5.47. The van der Waals surface area contributed by atoms with Crippen LogP contribution in [0.25, 0.3) is 11.0 Å². The van der Waals surface area contributed by atoms with E-state index in [4.69, 9.17) is 9.15 Å². The fraction of sp³-hybridized carbons (Fsp3) is 0.357. The van der Waals surface area contributed by atoms with Crippen LogP contribution in [0.5, 0.6) is 0 Å². The van der Waals surface area contributed by atoms with Gasteiger partial charge in [0, 0.05) is 16.1 Å². The molecule has 0 bridgehead atoms. The highest BCUT2D eigenvalue weighted by Gasteiger charge is 2.20. The molecule has 0 amide bonds. The first-order valence-electron chi connectivity index (χ1n) is 6.23. The number of furan rings is 1. The fourth-order valence-electron chi connectivity index (χ4n) is 1.93. The molecule has 108 valence electrons. The van der Waals surface area contributed by atoms with E-state index in [0.717, 1.165) is 16.3 Å². The number of fused-ring (bicyclic) bond motifs is 1. The molecule has 2 aromatic rings. The van der Waals surface area contributed by atoms with Crippen LogP contribution < -0.4 is 0 Å². The smallest absolute Gasteiger partial charge is 0.313 e. The molecule has 1 heterocycles. The van der Waals surface area contributed by atoms with E-state index in [1.165, 1.54) is 0 Å². The van der Waals surface area contributed by atoms with Gasteiger partial charge in [-0.1, -0.05) is 22.9 Å². The van der Waals surface area contributed by atoms with Gasteiger partial charge < -0.3 is 9.15 Å². The summed E-state index contributed by atoms with van der Waals surface area (Å²) in [4.78, 5) is 12.3. The van der Waals surface area contributed by atoms with Crippen LogP contribution >= 0.6 is 15.9 Å². The number of ether oxygens (including phenoxy) is 1. The SMILES string of the molecule is CCCOC(=O)Cc1oc2ccc(Br)cc2c1S(C)=O. The number of rotatable bonds is 5. The summed E-state index contributed by atoms with van der Waals surface area (Å²) in [5.41, 5.74) is 0.622. The molecule has 1 atom stereocenters. The lowest BCUT2D eigenvalue weighted by Gasteiger charge is -2.02. The van der Waals surface area contributed by atoms with Crippen molar-refractivity contribution in [2.24, 2.45) is 0 Å².